The summed E-state index contributed by atoms with van der Waals surface area (Å²) >= 11 is 0. The average molecular weight is 334 g/mol. The molecule has 0 radical (unpaired) electrons. The van der Waals surface area contributed by atoms with Gasteiger partial charge in [-0.1, -0.05) is 24.3 Å². The normalized spacial score (nSPS) is 24.4. The predicted molar refractivity (Wildman–Crippen MR) is 96.5 cm³/mol. The van der Waals surface area contributed by atoms with E-state index in [-0.39, 0.29) is 11.8 Å². The van der Waals surface area contributed by atoms with Crippen molar-refractivity contribution in [2.24, 2.45) is 5.10 Å². The molecule has 0 bridgehead atoms. The maximum absolute atomic E-state index is 6.58. The van der Waals surface area contributed by atoms with Gasteiger partial charge >= 0.3 is 0 Å². The Morgan fingerprint density at radius 2 is 1.96 bits per heavy atom. The van der Waals surface area contributed by atoms with Crippen LogP contribution in [0.15, 0.2) is 53.9 Å². The Hall–Kier alpha value is -2.40. The van der Waals surface area contributed by atoms with Gasteiger partial charge in [0.1, 0.15) is 5.75 Å². The van der Waals surface area contributed by atoms with Crippen molar-refractivity contribution in [3.05, 3.63) is 59.9 Å². The molecule has 1 atom stereocenters. The zero-order valence-electron chi connectivity index (χ0n) is 14.4. The fraction of sp³-hybridized carbons (Fsp3) is 0.400. The molecule has 5 heteroatoms. The van der Waals surface area contributed by atoms with Crippen LogP contribution in [0.2, 0.25) is 0 Å². The van der Waals surface area contributed by atoms with Crippen LogP contribution in [0.25, 0.3) is 0 Å². The fourth-order valence-electron chi connectivity index (χ4n) is 4.24. The van der Waals surface area contributed by atoms with E-state index in [1.54, 1.807) is 0 Å². The van der Waals surface area contributed by atoms with Crippen molar-refractivity contribution in [2.75, 3.05) is 20.1 Å². The van der Waals surface area contributed by atoms with E-state index in [0.717, 1.165) is 49.4 Å². The van der Waals surface area contributed by atoms with E-state index in [9.17, 15) is 0 Å². The SMILES string of the molecule is CN1CCC2(CC1)Oc1ccccc1C1CC(c3cccnc3)=NN12. The number of para-hydroxylation sites is 1. The lowest BCUT2D eigenvalue weighted by atomic mass is 9.91. The molecule has 5 nitrogen and oxygen atoms in total. The van der Waals surface area contributed by atoms with Crippen molar-refractivity contribution in [2.45, 2.75) is 31.0 Å². The number of rotatable bonds is 1. The smallest absolute Gasteiger partial charge is 0.200 e. The molecule has 128 valence electrons. The highest BCUT2D eigenvalue weighted by atomic mass is 16.5. The first-order valence-corrected chi connectivity index (χ1v) is 8.99. The number of ether oxygens (including phenoxy) is 1. The number of aromatic nitrogens is 1. The van der Waals surface area contributed by atoms with Crippen molar-refractivity contribution in [3.8, 4) is 5.75 Å². The lowest BCUT2D eigenvalue weighted by Crippen LogP contribution is -2.58. The number of hydrogen-bond donors (Lipinski definition) is 0. The summed E-state index contributed by atoms with van der Waals surface area (Å²) in [5, 5.41) is 7.30. The number of benzene rings is 1. The van der Waals surface area contributed by atoms with Crippen LogP contribution in [-0.4, -0.2) is 46.5 Å². The fourth-order valence-corrected chi connectivity index (χ4v) is 4.24. The lowest BCUT2D eigenvalue weighted by Gasteiger charge is -2.50. The molecule has 3 aliphatic rings. The van der Waals surface area contributed by atoms with Crippen molar-refractivity contribution < 1.29 is 4.74 Å². The molecule has 1 spiro atoms. The first-order valence-electron chi connectivity index (χ1n) is 8.99. The monoisotopic (exact) mass is 334 g/mol. The van der Waals surface area contributed by atoms with Crippen molar-refractivity contribution in [1.29, 1.82) is 0 Å². The number of pyridine rings is 1. The van der Waals surface area contributed by atoms with Gasteiger partial charge in [-0.25, -0.2) is 5.01 Å². The van der Waals surface area contributed by atoms with Gasteiger partial charge < -0.3 is 9.64 Å². The molecule has 0 saturated carbocycles. The second-order valence-corrected chi connectivity index (χ2v) is 7.24. The quantitative estimate of drug-likeness (QED) is 0.804. The number of hydrogen-bond acceptors (Lipinski definition) is 5. The van der Waals surface area contributed by atoms with E-state index in [1.807, 2.05) is 18.5 Å². The van der Waals surface area contributed by atoms with Gasteiger partial charge in [-0.15, -0.1) is 0 Å². The van der Waals surface area contributed by atoms with Gasteiger partial charge in [-0.2, -0.15) is 5.10 Å². The van der Waals surface area contributed by atoms with E-state index in [2.05, 4.69) is 52.3 Å². The van der Waals surface area contributed by atoms with Crippen LogP contribution in [0.4, 0.5) is 0 Å². The molecule has 1 saturated heterocycles. The third-order valence-corrected chi connectivity index (χ3v) is 5.67. The molecule has 0 N–H and O–H groups in total. The van der Waals surface area contributed by atoms with Gasteiger partial charge in [0.15, 0.2) is 0 Å². The first-order chi connectivity index (χ1) is 12.3. The molecule has 1 aromatic heterocycles. The minimum Gasteiger partial charge on any atom is -0.466 e. The lowest BCUT2D eigenvalue weighted by molar-refractivity contribution is -0.147. The van der Waals surface area contributed by atoms with E-state index in [1.165, 1.54) is 5.56 Å². The van der Waals surface area contributed by atoms with E-state index in [0.29, 0.717) is 0 Å². The second-order valence-electron chi connectivity index (χ2n) is 7.24. The summed E-state index contributed by atoms with van der Waals surface area (Å²) in [6.07, 6.45) is 6.56. The number of fused-ring (bicyclic) bond motifs is 4. The van der Waals surface area contributed by atoms with Crippen LogP contribution in [-0.2, 0) is 0 Å². The number of hydrazone groups is 1. The van der Waals surface area contributed by atoms with Gasteiger partial charge in [-0.05, 0) is 19.2 Å². The van der Waals surface area contributed by atoms with Gasteiger partial charge in [0.2, 0.25) is 5.72 Å². The Balaban J connectivity index is 1.59. The predicted octanol–water partition coefficient (Wildman–Crippen LogP) is 3.05. The molecule has 3 aliphatic heterocycles. The maximum Gasteiger partial charge on any atom is 0.200 e. The molecule has 0 aliphatic carbocycles. The molecule has 2 aromatic rings. The van der Waals surface area contributed by atoms with Crippen molar-refractivity contribution in [1.82, 2.24) is 14.9 Å². The average Bonchev–Trinajstić information content (AvgIpc) is 3.12. The summed E-state index contributed by atoms with van der Waals surface area (Å²) in [5.74, 6) is 1.02. The molecule has 1 fully saturated rings. The minimum atomic E-state index is -0.324. The van der Waals surface area contributed by atoms with Gasteiger partial charge in [-0.3, -0.25) is 4.98 Å². The molecule has 25 heavy (non-hydrogen) atoms. The summed E-state index contributed by atoms with van der Waals surface area (Å²) in [7, 11) is 2.18. The zero-order valence-corrected chi connectivity index (χ0v) is 14.4. The maximum atomic E-state index is 6.58. The van der Waals surface area contributed by atoms with E-state index in [4.69, 9.17) is 9.84 Å². The number of nitrogens with zero attached hydrogens (tertiary/aromatic N) is 4. The van der Waals surface area contributed by atoms with Crippen LogP contribution < -0.4 is 4.74 Å². The number of likely N-dealkylation sites (tertiary alicyclic amines) is 1. The summed E-state index contributed by atoms with van der Waals surface area (Å²) in [4.78, 5) is 6.63. The molecule has 0 amide bonds. The second kappa shape index (κ2) is 5.56. The summed E-state index contributed by atoms with van der Waals surface area (Å²) < 4.78 is 6.58. The summed E-state index contributed by atoms with van der Waals surface area (Å²) in [6.45, 7) is 2.06. The Bertz CT molecular complexity index is 811. The Morgan fingerprint density at radius 3 is 2.76 bits per heavy atom. The van der Waals surface area contributed by atoms with Crippen LogP contribution in [0.3, 0.4) is 0 Å². The first kappa shape index (κ1) is 14.9. The minimum absolute atomic E-state index is 0.253. The molecular formula is C20H22N4O. The highest BCUT2D eigenvalue weighted by Crippen LogP contribution is 2.49. The standard InChI is InChI=1S/C20H22N4O/c1-23-11-8-20(9-12-23)24-18(16-6-2-3-7-19(16)25-20)13-17(22-24)15-5-4-10-21-14-15/h2-7,10,14,18H,8-9,11-13H2,1H3. The van der Waals surface area contributed by atoms with Crippen LogP contribution in [0.1, 0.15) is 36.4 Å². The Labute approximate surface area is 147 Å². The number of piperidine rings is 1. The Kier molecular flexibility index (Phi) is 3.31. The van der Waals surface area contributed by atoms with Gasteiger partial charge in [0.05, 0.1) is 11.8 Å². The Morgan fingerprint density at radius 1 is 1.12 bits per heavy atom. The third kappa shape index (κ3) is 2.34. The van der Waals surface area contributed by atoms with Crippen LogP contribution >= 0.6 is 0 Å². The topological polar surface area (TPSA) is 41.0 Å². The van der Waals surface area contributed by atoms with E-state index >= 15 is 0 Å². The van der Waals surface area contributed by atoms with Crippen LogP contribution in [0.5, 0.6) is 5.75 Å². The zero-order chi connectivity index (χ0) is 16.9. The molecule has 1 aromatic carbocycles. The third-order valence-electron chi connectivity index (χ3n) is 5.67. The van der Waals surface area contributed by atoms with Crippen molar-refractivity contribution in [3.63, 3.8) is 0 Å². The largest absolute Gasteiger partial charge is 0.466 e. The van der Waals surface area contributed by atoms with Crippen LogP contribution in [0, 0.1) is 0 Å². The highest BCUT2D eigenvalue weighted by Gasteiger charge is 2.51. The highest BCUT2D eigenvalue weighted by molar-refractivity contribution is 6.01. The molecular weight excluding hydrogens is 312 g/mol. The molecule has 5 rings (SSSR count). The molecule has 4 heterocycles. The van der Waals surface area contributed by atoms with Crippen molar-refractivity contribution >= 4 is 5.71 Å². The van der Waals surface area contributed by atoms with Gasteiger partial charge in [0.25, 0.3) is 0 Å². The molecule has 1 unspecified atom stereocenters. The van der Waals surface area contributed by atoms with Gasteiger partial charge in [0, 0.05) is 55.9 Å². The summed E-state index contributed by atoms with van der Waals surface area (Å²) in [6, 6.07) is 12.8. The van der Waals surface area contributed by atoms with E-state index < -0.39 is 0 Å². The summed E-state index contributed by atoms with van der Waals surface area (Å²) in [5.41, 5.74) is 3.14.